The van der Waals surface area contributed by atoms with E-state index in [9.17, 15) is 4.79 Å². The summed E-state index contributed by atoms with van der Waals surface area (Å²) in [5.41, 5.74) is 0.498. The number of aromatic nitrogens is 2. The zero-order valence-electron chi connectivity index (χ0n) is 10.2. The molecule has 1 amide bonds. The molecule has 1 aromatic rings. The predicted octanol–water partition coefficient (Wildman–Crippen LogP) is 0.797. The van der Waals surface area contributed by atoms with Crippen molar-refractivity contribution in [3.8, 4) is 0 Å². The molecule has 5 heteroatoms. The molecule has 0 saturated heterocycles. The fourth-order valence-corrected chi connectivity index (χ4v) is 2.07. The lowest BCUT2D eigenvalue weighted by Crippen LogP contribution is -2.45. The normalized spacial score (nSPS) is 15.6. The Morgan fingerprint density at radius 2 is 2.41 bits per heavy atom. The highest BCUT2D eigenvalue weighted by Crippen LogP contribution is 2.26. The number of carbonyl (C=O) groups excluding carboxylic acids is 1. The third-order valence-corrected chi connectivity index (χ3v) is 3.27. The van der Waals surface area contributed by atoms with Gasteiger partial charge in [0, 0.05) is 32.4 Å². The number of nitrogens with zero attached hydrogens (tertiary/aromatic N) is 3. The highest BCUT2D eigenvalue weighted by Gasteiger charge is 2.29. The summed E-state index contributed by atoms with van der Waals surface area (Å²) in [5, 5.41) is 13.0. The van der Waals surface area contributed by atoms with Crippen molar-refractivity contribution in [1.29, 1.82) is 0 Å². The first kappa shape index (κ1) is 12.1. The molecule has 1 N–H and O–H groups in total. The van der Waals surface area contributed by atoms with Crippen molar-refractivity contribution < 1.29 is 9.90 Å². The van der Waals surface area contributed by atoms with Crippen LogP contribution in [0.1, 0.15) is 36.2 Å². The van der Waals surface area contributed by atoms with Crippen LogP contribution in [0.2, 0.25) is 0 Å². The van der Waals surface area contributed by atoms with E-state index in [1.165, 1.54) is 6.42 Å². The number of amides is 1. The van der Waals surface area contributed by atoms with E-state index in [1.807, 2.05) is 4.90 Å². The molecule has 1 fully saturated rings. The first-order valence-electron chi connectivity index (χ1n) is 6.14. The van der Waals surface area contributed by atoms with Crippen LogP contribution < -0.4 is 0 Å². The number of aryl methyl sites for hydroxylation is 1. The molecule has 17 heavy (non-hydrogen) atoms. The summed E-state index contributed by atoms with van der Waals surface area (Å²) < 4.78 is 1.64. The highest BCUT2D eigenvalue weighted by atomic mass is 16.3. The second-order valence-electron chi connectivity index (χ2n) is 4.54. The van der Waals surface area contributed by atoms with E-state index in [4.69, 9.17) is 5.11 Å². The molecule has 0 spiro atoms. The molecule has 0 aromatic carbocycles. The van der Waals surface area contributed by atoms with Crippen LogP contribution in [0.3, 0.4) is 0 Å². The summed E-state index contributed by atoms with van der Waals surface area (Å²) in [7, 11) is 1.80. The lowest BCUT2D eigenvalue weighted by Gasteiger charge is -2.37. The maximum atomic E-state index is 12.3. The summed E-state index contributed by atoms with van der Waals surface area (Å²) in [6.07, 6.45) is 5.75. The van der Waals surface area contributed by atoms with Gasteiger partial charge in [0.25, 0.3) is 5.91 Å². The fourth-order valence-electron chi connectivity index (χ4n) is 2.07. The van der Waals surface area contributed by atoms with Gasteiger partial charge in [-0.1, -0.05) is 0 Å². The average Bonchev–Trinajstić information content (AvgIpc) is 2.67. The molecule has 5 nitrogen and oxygen atoms in total. The Morgan fingerprint density at radius 3 is 2.88 bits per heavy atom. The molecule has 0 aliphatic heterocycles. The minimum Gasteiger partial charge on any atom is -0.396 e. The van der Waals surface area contributed by atoms with E-state index in [0.717, 1.165) is 12.8 Å². The highest BCUT2D eigenvalue weighted by molar-refractivity contribution is 5.92. The Kier molecular flexibility index (Phi) is 3.78. The Hall–Kier alpha value is -1.36. The monoisotopic (exact) mass is 237 g/mol. The van der Waals surface area contributed by atoms with Gasteiger partial charge >= 0.3 is 0 Å². The van der Waals surface area contributed by atoms with Crippen molar-refractivity contribution in [3.05, 3.63) is 18.0 Å². The van der Waals surface area contributed by atoms with E-state index >= 15 is 0 Å². The van der Waals surface area contributed by atoms with Gasteiger partial charge in [-0.3, -0.25) is 9.48 Å². The van der Waals surface area contributed by atoms with E-state index in [2.05, 4.69) is 5.10 Å². The van der Waals surface area contributed by atoms with Gasteiger partial charge in [-0.05, 0) is 31.7 Å². The van der Waals surface area contributed by atoms with Crippen LogP contribution in [-0.2, 0) is 7.05 Å². The molecule has 0 unspecified atom stereocenters. The van der Waals surface area contributed by atoms with E-state index in [-0.39, 0.29) is 12.5 Å². The van der Waals surface area contributed by atoms with E-state index in [1.54, 1.807) is 24.0 Å². The van der Waals surface area contributed by atoms with Crippen LogP contribution in [0.15, 0.2) is 12.3 Å². The minimum absolute atomic E-state index is 0.0104. The largest absolute Gasteiger partial charge is 0.396 e. The van der Waals surface area contributed by atoms with Gasteiger partial charge in [-0.15, -0.1) is 0 Å². The summed E-state index contributed by atoms with van der Waals surface area (Å²) in [5.74, 6) is -0.0104. The zero-order valence-corrected chi connectivity index (χ0v) is 10.2. The second kappa shape index (κ2) is 5.31. The number of aliphatic hydroxyl groups excluding tert-OH is 1. The van der Waals surface area contributed by atoms with Crippen molar-refractivity contribution >= 4 is 5.91 Å². The van der Waals surface area contributed by atoms with Gasteiger partial charge in [0.2, 0.25) is 0 Å². The van der Waals surface area contributed by atoms with Gasteiger partial charge < -0.3 is 10.0 Å². The number of carbonyl (C=O) groups is 1. The number of aliphatic hydroxyl groups is 1. The molecule has 1 aliphatic carbocycles. The van der Waals surface area contributed by atoms with E-state index < -0.39 is 0 Å². The van der Waals surface area contributed by atoms with Crippen LogP contribution in [0.4, 0.5) is 0 Å². The Bertz CT molecular complexity index is 385. The first-order valence-corrected chi connectivity index (χ1v) is 6.14. The molecule has 0 bridgehead atoms. The van der Waals surface area contributed by atoms with Crippen molar-refractivity contribution in [2.75, 3.05) is 13.2 Å². The molecule has 0 radical (unpaired) electrons. The number of hydrogen-bond donors (Lipinski definition) is 1. The van der Waals surface area contributed by atoms with Crippen LogP contribution >= 0.6 is 0 Å². The van der Waals surface area contributed by atoms with Crippen LogP contribution in [0.5, 0.6) is 0 Å². The maximum absolute atomic E-state index is 12.3. The Balaban J connectivity index is 2.06. The van der Waals surface area contributed by atoms with Crippen molar-refractivity contribution in [3.63, 3.8) is 0 Å². The molecule has 1 heterocycles. The quantitative estimate of drug-likeness (QED) is 0.824. The summed E-state index contributed by atoms with van der Waals surface area (Å²) in [6, 6.07) is 2.09. The topological polar surface area (TPSA) is 58.4 Å². The molecule has 94 valence electrons. The van der Waals surface area contributed by atoms with Gasteiger partial charge in [0.05, 0.1) is 0 Å². The SMILES string of the molecule is Cn1ccc(C(=O)N(CCCO)C2CCC2)n1. The molecule has 2 rings (SSSR count). The zero-order chi connectivity index (χ0) is 12.3. The standard InChI is InChI=1S/C12H19N3O2/c1-14-8-6-11(13-14)12(17)15(7-3-9-16)10-4-2-5-10/h6,8,10,16H,2-5,7,9H2,1H3. The lowest BCUT2D eigenvalue weighted by molar-refractivity contribution is 0.0555. The fraction of sp³-hybridized carbons (Fsp3) is 0.667. The van der Waals surface area contributed by atoms with E-state index in [0.29, 0.717) is 24.7 Å². The number of hydrogen-bond acceptors (Lipinski definition) is 3. The lowest BCUT2D eigenvalue weighted by atomic mass is 9.91. The third kappa shape index (κ3) is 2.66. The molecular weight excluding hydrogens is 218 g/mol. The first-order chi connectivity index (χ1) is 8.22. The Morgan fingerprint density at radius 1 is 1.65 bits per heavy atom. The minimum atomic E-state index is -0.0104. The van der Waals surface area contributed by atoms with Crippen molar-refractivity contribution in [1.82, 2.24) is 14.7 Å². The van der Waals surface area contributed by atoms with Crippen LogP contribution in [0, 0.1) is 0 Å². The van der Waals surface area contributed by atoms with Crippen LogP contribution in [-0.4, -0.2) is 44.9 Å². The summed E-state index contributed by atoms with van der Waals surface area (Å²) >= 11 is 0. The second-order valence-corrected chi connectivity index (χ2v) is 4.54. The maximum Gasteiger partial charge on any atom is 0.274 e. The summed E-state index contributed by atoms with van der Waals surface area (Å²) in [6.45, 7) is 0.745. The number of rotatable bonds is 5. The smallest absolute Gasteiger partial charge is 0.274 e. The summed E-state index contributed by atoms with van der Waals surface area (Å²) in [4.78, 5) is 14.1. The Labute approximate surface area is 101 Å². The average molecular weight is 237 g/mol. The van der Waals surface area contributed by atoms with Crippen LogP contribution in [0.25, 0.3) is 0 Å². The third-order valence-electron chi connectivity index (χ3n) is 3.27. The molecule has 0 atom stereocenters. The molecule has 1 aliphatic rings. The molecule has 1 saturated carbocycles. The van der Waals surface area contributed by atoms with Crippen molar-refractivity contribution in [2.45, 2.75) is 31.7 Å². The van der Waals surface area contributed by atoms with Crippen molar-refractivity contribution in [2.24, 2.45) is 7.05 Å². The van der Waals surface area contributed by atoms with Gasteiger partial charge in [-0.25, -0.2) is 0 Å². The predicted molar refractivity (Wildman–Crippen MR) is 63.6 cm³/mol. The molecular formula is C12H19N3O2. The molecule has 1 aromatic heterocycles. The van der Waals surface area contributed by atoms with Gasteiger partial charge in [-0.2, -0.15) is 5.10 Å². The van der Waals surface area contributed by atoms with Gasteiger partial charge in [0.15, 0.2) is 0 Å². The van der Waals surface area contributed by atoms with Gasteiger partial charge in [0.1, 0.15) is 5.69 Å².